The van der Waals surface area contributed by atoms with Crippen LogP contribution in [0.25, 0.3) is 0 Å². The lowest BCUT2D eigenvalue weighted by molar-refractivity contribution is -0.138. The van der Waals surface area contributed by atoms with E-state index in [1.165, 1.54) is 18.2 Å². The van der Waals surface area contributed by atoms with Crippen LogP contribution in [0.3, 0.4) is 0 Å². The second kappa shape index (κ2) is 12.0. The van der Waals surface area contributed by atoms with Gasteiger partial charge < -0.3 is 41.2 Å². The normalized spacial score (nSPS) is 13.8. The van der Waals surface area contributed by atoms with Crippen LogP contribution in [-0.2, 0) is 4.79 Å². The lowest BCUT2D eigenvalue weighted by atomic mass is 10.1. The number of likely N-dealkylation sites (tertiary alicyclic amines) is 1. The standard InChI is InChI=1S/C26H29N7O6/c27-25(28)15-4-5-20(34)21(10-15)39-23-13-19(37-17-6-8-33(9-7-17)14-24(35)36)12-22(32-23)38-18-3-1-2-16(11-18)31-26(29)30/h1-5,10-13,17,34H,6-9,14H2,(H3,27,28)(H,35,36)(H4,29,30,31). The number of carbonyl (C=O) groups is 1. The highest BCUT2D eigenvalue weighted by Crippen LogP contribution is 2.35. The van der Waals surface area contributed by atoms with Crippen molar-refractivity contribution in [2.45, 2.75) is 18.9 Å². The van der Waals surface area contributed by atoms with Crippen LogP contribution in [-0.4, -0.2) is 63.6 Å². The number of nitrogen functional groups attached to an aromatic ring is 1. The number of pyridine rings is 1. The number of hydrogen-bond donors (Lipinski definition) is 7. The van der Waals surface area contributed by atoms with Crippen molar-refractivity contribution < 1.29 is 29.2 Å². The van der Waals surface area contributed by atoms with Crippen LogP contribution in [0.5, 0.6) is 34.8 Å². The molecule has 1 fully saturated rings. The maximum atomic E-state index is 11.0. The molecule has 3 aromatic rings. The first kappa shape index (κ1) is 27.0. The third kappa shape index (κ3) is 7.72. The fourth-order valence-electron chi connectivity index (χ4n) is 3.99. The Morgan fingerprint density at radius 3 is 2.41 bits per heavy atom. The van der Waals surface area contributed by atoms with Gasteiger partial charge in [0.15, 0.2) is 17.5 Å². The Hall–Kier alpha value is -5.04. The Labute approximate surface area is 223 Å². The van der Waals surface area contributed by atoms with E-state index in [-0.39, 0.29) is 47.7 Å². The zero-order valence-electron chi connectivity index (χ0n) is 20.9. The van der Waals surface area contributed by atoms with Crippen molar-refractivity contribution in [2.24, 2.45) is 11.5 Å². The molecule has 0 radical (unpaired) electrons. The van der Waals surface area contributed by atoms with Gasteiger partial charge in [0.1, 0.15) is 23.4 Å². The van der Waals surface area contributed by atoms with Crippen molar-refractivity contribution in [1.82, 2.24) is 9.88 Å². The molecule has 1 aliphatic heterocycles. The van der Waals surface area contributed by atoms with Gasteiger partial charge in [0.2, 0.25) is 11.8 Å². The molecule has 0 amide bonds. The van der Waals surface area contributed by atoms with Gasteiger partial charge in [-0.2, -0.15) is 4.98 Å². The van der Waals surface area contributed by atoms with Gasteiger partial charge in [-0.3, -0.25) is 20.5 Å². The lowest BCUT2D eigenvalue weighted by Crippen LogP contribution is -2.40. The predicted molar refractivity (Wildman–Crippen MR) is 143 cm³/mol. The molecule has 13 heteroatoms. The van der Waals surface area contributed by atoms with Crippen molar-refractivity contribution in [1.29, 1.82) is 10.8 Å². The first-order valence-corrected chi connectivity index (χ1v) is 12.0. The number of aromatic nitrogens is 1. The second-order valence-electron chi connectivity index (χ2n) is 8.83. The van der Waals surface area contributed by atoms with Crippen LogP contribution < -0.4 is 31.0 Å². The van der Waals surface area contributed by atoms with E-state index in [1.54, 1.807) is 36.4 Å². The van der Waals surface area contributed by atoms with E-state index in [9.17, 15) is 9.90 Å². The fraction of sp³-hybridized carbons (Fsp3) is 0.231. The Morgan fingerprint density at radius 1 is 1.03 bits per heavy atom. The molecule has 2 heterocycles. The van der Waals surface area contributed by atoms with Crippen LogP contribution in [0.15, 0.2) is 54.6 Å². The number of ether oxygens (including phenoxy) is 3. The van der Waals surface area contributed by atoms with Gasteiger partial charge in [-0.25, -0.2) is 0 Å². The Balaban J connectivity index is 1.59. The number of nitrogens with two attached hydrogens (primary N) is 2. The number of guanidine groups is 1. The number of nitrogens with zero attached hydrogens (tertiary/aromatic N) is 2. The highest BCUT2D eigenvalue weighted by molar-refractivity contribution is 5.95. The molecule has 0 unspecified atom stereocenters. The van der Waals surface area contributed by atoms with Gasteiger partial charge in [0.25, 0.3) is 0 Å². The number of hydrogen-bond acceptors (Lipinski definition) is 9. The average molecular weight is 536 g/mol. The maximum Gasteiger partial charge on any atom is 0.317 e. The monoisotopic (exact) mass is 535 g/mol. The third-order valence-electron chi connectivity index (χ3n) is 5.77. The van der Waals surface area contributed by atoms with Crippen molar-refractivity contribution in [3.05, 3.63) is 60.2 Å². The minimum atomic E-state index is -0.869. The summed E-state index contributed by atoms with van der Waals surface area (Å²) in [5.74, 6) is -0.440. The zero-order valence-corrected chi connectivity index (χ0v) is 20.9. The molecule has 4 rings (SSSR count). The molecule has 2 aromatic carbocycles. The molecule has 0 bridgehead atoms. The van der Waals surface area contributed by atoms with Crippen molar-refractivity contribution >= 4 is 23.5 Å². The number of rotatable bonds is 10. The van der Waals surface area contributed by atoms with E-state index in [4.69, 9.17) is 41.6 Å². The summed E-state index contributed by atoms with van der Waals surface area (Å²) in [6.07, 6.45) is 1.08. The zero-order chi connectivity index (χ0) is 27.9. The number of carboxylic acid groups (broad SMARTS) is 1. The molecule has 204 valence electrons. The number of anilines is 1. The first-order chi connectivity index (χ1) is 18.6. The Kier molecular flexibility index (Phi) is 8.31. The molecule has 1 aromatic heterocycles. The Morgan fingerprint density at radius 2 is 1.74 bits per heavy atom. The number of benzene rings is 2. The highest BCUT2D eigenvalue weighted by Gasteiger charge is 2.23. The third-order valence-corrected chi connectivity index (χ3v) is 5.77. The molecule has 0 aliphatic carbocycles. The first-order valence-electron chi connectivity index (χ1n) is 12.0. The van der Waals surface area contributed by atoms with Crippen molar-refractivity contribution in [3.8, 4) is 34.8 Å². The highest BCUT2D eigenvalue weighted by atomic mass is 16.5. The van der Waals surface area contributed by atoms with Crippen molar-refractivity contribution in [3.63, 3.8) is 0 Å². The summed E-state index contributed by atoms with van der Waals surface area (Å²) in [7, 11) is 0. The molecular formula is C26H29N7O6. The molecule has 9 N–H and O–H groups in total. The summed E-state index contributed by atoms with van der Waals surface area (Å²) >= 11 is 0. The van der Waals surface area contributed by atoms with E-state index >= 15 is 0 Å². The molecule has 0 spiro atoms. The second-order valence-corrected chi connectivity index (χ2v) is 8.83. The molecule has 1 aliphatic rings. The summed E-state index contributed by atoms with van der Waals surface area (Å²) in [6.45, 7) is 1.14. The van der Waals surface area contributed by atoms with E-state index < -0.39 is 5.97 Å². The topological polar surface area (TPSA) is 213 Å². The van der Waals surface area contributed by atoms with E-state index in [2.05, 4.69) is 10.3 Å². The molecule has 0 saturated carbocycles. The minimum Gasteiger partial charge on any atom is -0.504 e. The average Bonchev–Trinajstić information content (AvgIpc) is 2.86. The summed E-state index contributed by atoms with van der Waals surface area (Å²) in [5, 5.41) is 37.1. The molecular weight excluding hydrogens is 506 g/mol. The van der Waals surface area contributed by atoms with Crippen LogP contribution in [0.1, 0.15) is 18.4 Å². The molecule has 1 saturated heterocycles. The number of carboxylic acids is 1. The molecule has 39 heavy (non-hydrogen) atoms. The summed E-state index contributed by atoms with van der Waals surface area (Å²) < 4.78 is 18.0. The number of phenolic OH excluding ortho intramolecular Hbond substituents is 1. The minimum absolute atomic E-state index is 0.0156. The van der Waals surface area contributed by atoms with Crippen LogP contribution in [0.2, 0.25) is 0 Å². The number of amidine groups is 1. The van der Waals surface area contributed by atoms with Gasteiger partial charge in [-0.05, 0) is 43.2 Å². The lowest BCUT2D eigenvalue weighted by Gasteiger charge is -2.31. The SMILES string of the molecule is N=C(N)Nc1cccc(Oc2cc(OC3CCN(CC(=O)O)CC3)cc(Oc3cc(C(=N)N)ccc3O)n2)c1. The largest absolute Gasteiger partial charge is 0.504 e. The quantitative estimate of drug-likeness (QED) is 0.148. The summed E-state index contributed by atoms with van der Waals surface area (Å²) in [5.41, 5.74) is 11.9. The predicted octanol–water partition coefficient (Wildman–Crippen LogP) is 2.89. The number of piperidine rings is 1. The summed E-state index contributed by atoms with van der Waals surface area (Å²) in [6, 6.07) is 14.2. The number of aliphatic carboxylic acids is 1. The van der Waals surface area contributed by atoms with Gasteiger partial charge in [0, 0.05) is 42.5 Å². The number of phenols is 1. The van der Waals surface area contributed by atoms with E-state index in [1.807, 2.05) is 4.90 Å². The number of nitrogens with one attached hydrogen (secondary N) is 3. The smallest absolute Gasteiger partial charge is 0.317 e. The fourth-order valence-corrected chi connectivity index (χ4v) is 3.99. The van der Waals surface area contributed by atoms with Crippen LogP contribution in [0.4, 0.5) is 5.69 Å². The molecule has 0 atom stereocenters. The van der Waals surface area contributed by atoms with Gasteiger partial charge >= 0.3 is 5.97 Å². The van der Waals surface area contributed by atoms with E-state index in [0.29, 0.717) is 48.7 Å². The summed E-state index contributed by atoms with van der Waals surface area (Å²) in [4.78, 5) is 17.2. The molecule has 13 nitrogen and oxygen atoms in total. The number of aromatic hydroxyl groups is 1. The van der Waals surface area contributed by atoms with Crippen molar-refractivity contribution in [2.75, 3.05) is 25.0 Å². The maximum absolute atomic E-state index is 11.0. The van der Waals surface area contributed by atoms with E-state index in [0.717, 1.165) is 0 Å². The van der Waals surface area contributed by atoms with Crippen LogP contribution >= 0.6 is 0 Å². The van der Waals surface area contributed by atoms with Gasteiger partial charge in [-0.15, -0.1) is 0 Å². The van der Waals surface area contributed by atoms with Gasteiger partial charge in [0.05, 0.1) is 6.54 Å². The Bertz CT molecular complexity index is 1370. The van der Waals surface area contributed by atoms with Crippen LogP contribution in [0, 0.1) is 10.8 Å². The van der Waals surface area contributed by atoms with Gasteiger partial charge in [-0.1, -0.05) is 6.07 Å².